The van der Waals surface area contributed by atoms with E-state index >= 15 is 0 Å². The number of nitrogens with one attached hydrogen (secondary N) is 2. The second-order valence-corrected chi connectivity index (χ2v) is 9.65. The molecule has 5 N–H and O–H groups in total. The van der Waals surface area contributed by atoms with Crippen molar-refractivity contribution in [3.8, 4) is 22.3 Å². The van der Waals surface area contributed by atoms with Crippen LogP contribution in [-0.4, -0.2) is 25.0 Å². The summed E-state index contributed by atoms with van der Waals surface area (Å²) in [4.78, 5) is 17.1. The number of para-hydroxylation sites is 1. The van der Waals surface area contributed by atoms with Crippen molar-refractivity contribution < 1.29 is 5.11 Å². The molecule has 0 saturated heterocycles. The summed E-state index contributed by atoms with van der Waals surface area (Å²) in [5.41, 5.74) is 19.0. The van der Waals surface area contributed by atoms with Gasteiger partial charge < -0.3 is 20.8 Å². The van der Waals surface area contributed by atoms with Gasteiger partial charge in [0, 0.05) is 44.4 Å². The van der Waals surface area contributed by atoms with E-state index in [4.69, 9.17) is 15.7 Å². The predicted octanol–water partition coefficient (Wildman–Crippen LogP) is 7.06. The zero-order valence-corrected chi connectivity index (χ0v) is 21.0. The summed E-state index contributed by atoms with van der Waals surface area (Å²) in [6, 6.07) is 28.1. The number of benzene rings is 2. The molecule has 3 aromatic heterocycles. The monoisotopic (exact) mass is 507 g/mol. The van der Waals surface area contributed by atoms with Gasteiger partial charge in [-0.3, -0.25) is 0 Å². The Bertz CT molecular complexity index is 1960. The highest BCUT2D eigenvalue weighted by Crippen LogP contribution is 2.34. The number of fused-ring (bicyclic) bond motifs is 8. The molecule has 2 aliphatic heterocycles. The van der Waals surface area contributed by atoms with E-state index in [0.717, 1.165) is 72.7 Å². The standard InChI is InChI=1S/C33H25N5O/c34-27-4-2-1-3-26(27)33-30-15-11-24(37-30)17-22-9-13-28(35-22)32(21-7-5-20(19-39)6-8-21)29-14-10-23(36-29)18-25-12-16-31(33)38-25/h1-18,35,38-39H,19,34H2. The average molecular weight is 508 g/mol. The van der Waals surface area contributed by atoms with E-state index in [9.17, 15) is 5.11 Å². The van der Waals surface area contributed by atoms with E-state index < -0.39 is 0 Å². The van der Waals surface area contributed by atoms with Crippen molar-refractivity contribution in [3.05, 3.63) is 113 Å². The number of nitrogen functional groups attached to an aromatic ring is 1. The number of hydrogen-bond acceptors (Lipinski definition) is 4. The maximum absolute atomic E-state index is 9.52. The van der Waals surface area contributed by atoms with Crippen molar-refractivity contribution in [1.82, 2.24) is 19.9 Å². The number of H-pyrrole nitrogens is 2. The van der Waals surface area contributed by atoms with Crippen LogP contribution in [0, 0.1) is 0 Å². The summed E-state index contributed by atoms with van der Waals surface area (Å²) in [5, 5.41) is 9.52. The number of nitrogens with zero attached hydrogens (tertiary/aromatic N) is 2. The van der Waals surface area contributed by atoms with Crippen LogP contribution in [0.15, 0.2) is 84.9 Å². The molecule has 0 spiro atoms. The summed E-state index contributed by atoms with van der Waals surface area (Å²) in [5.74, 6) is 0. The Morgan fingerprint density at radius 1 is 0.641 bits per heavy atom. The van der Waals surface area contributed by atoms with E-state index in [2.05, 4.69) is 28.2 Å². The van der Waals surface area contributed by atoms with Gasteiger partial charge in [-0.05, 0) is 77.9 Å². The molecule has 5 heterocycles. The van der Waals surface area contributed by atoms with Gasteiger partial charge >= 0.3 is 0 Å². The van der Waals surface area contributed by atoms with Crippen molar-refractivity contribution in [2.24, 2.45) is 0 Å². The minimum Gasteiger partial charge on any atom is -0.398 e. The molecular formula is C33H25N5O. The Labute approximate surface area is 224 Å². The zero-order chi connectivity index (χ0) is 26.3. The Kier molecular flexibility index (Phi) is 5.46. The normalized spacial score (nSPS) is 12.2. The van der Waals surface area contributed by atoms with Gasteiger partial charge in [-0.1, -0.05) is 42.5 Å². The van der Waals surface area contributed by atoms with Gasteiger partial charge in [-0.25, -0.2) is 9.97 Å². The number of rotatable bonds is 3. The van der Waals surface area contributed by atoms with Crippen LogP contribution in [0.4, 0.5) is 5.69 Å². The molecule has 5 aromatic rings. The largest absolute Gasteiger partial charge is 0.398 e. The lowest BCUT2D eigenvalue weighted by Crippen LogP contribution is -1.92. The smallest absolute Gasteiger partial charge is 0.0737 e. The summed E-state index contributed by atoms with van der Waals surface area (Å²) >= 11 is 0. The van der Waals surface area contributed by atoms with Gasteiger partial charge in [0.2, 0.25) is 0 Å². The second kappa shape index (κ2) is 9.28. The zero-order valence-electron chi connectivity index (χ0n) is 21.0. The van der Waals surface area contributed by atoms with Crippen LogP contribution < -0.4 is 5.73 Å². The second-order valence-electron chi connectivity index (χ2n) is 9.65. The van der Waals surface area contributed by atoms with E-state index in [1.807, 2.05) is 91.0 Å². The first-order chi connectivity index (χ1) is 19.1. The molecule has 6 nitrogen and oxygen atoms in total. The third kappa shape index (κ3) is 4.23. The maximum Gasteiger partial charge on any atom is 0.0737 e. The third-order valence-electron chi connectivity index (χ3n) is 7.05. The highest BCUT2D eigenvalue weighted by molar-refractivity contribution is 5.95. The third-order valence-corrected chi connectivity index (χ3v) is 7.05. The fourth-order valence-electron chi connectivity index (χ4n) is 5.16. The Hall–Kier alpha value is -5.20. The molecule has 0 fully saturated rings. The topological polar surface area (TPSA) is 104 Å². The Balaban J connectivity index is 1.55. The summed E-state index contributed by atoms with van der Waals surface area (Å²) < 4.78 is 0. The Morgan fingerprint density at radius 3 is 1.85 bits per heavy atom. The van der Waals surface area contributed by atoms with E-state index in [0.29, 0.717) is 5.69 Å². The molecule has 2 aromatic carbocycles. The molecule has 0 saturated carbocycles. The van der Waals surface area contributed by atoms with Gasteiger partial charge in [0.25, 0.3) is 0 Å². The molecule has 0 radical (unpaired) electrons. The van der Waals surface area contributed by atoms with Crippen LogP contribution in [0.1, 0.15) is 28.3 Å². The van der Waals surface area contributed by atoms with Crippen LogP contribution in [0.25, 0.3) is 68.6 Å². The first-order valence-electron chi connectivity index (χ1n) is 12.8. The van der Waals surface area contributed by atoms with Gasteiger partial charge in [0.15, 0.2) is 0 Å². The van der Waals surface area contributed by atoms with Gasteiger partial charge in [0.05, 0.1) is 29.4 Å². The summed E-state index contributed by atoms with van der Waals surface area (Å²) in [7, 11) is 0. The first kappa shape index (κ1) is 23.0. The predicted molar refractivity (Wildman–Crippen MR) is 160 cm³/mol. The number of aromatic nitrogens is 4. The lowest BCUT2D eigenvalue weighted by Gasteiger charge is -2.07. The van der Waals surface area contributed by atoms with E-state index in [1.54, 1.807) is 0 Å². The fraction of sp³-hybridized carbons (Fsp3) is 0.0303. The number of nitrogens with two attached hydrogens (primary N) is 1. The SMILES string of the molecule is Nc1ccccc1-c1c2nc(cc3ccc([nH]3)c(-c3ccc(CO)cc3)c3nc(cc4ccc1[nH]4)C=C3)C=C2. The van der Waals surface area contributed by atoms with Crippen molar-refractivity contribution in [1.29, 1.82) is 0 Å². The van der Waals surface area contributed by atoms with Crippen molar-refractivity contribution >= 4 is 52.1 Å². The van der Waals surface area contributed by atoms with Crippen molar-refractivity contribution in [3.63, 3.8) is 0 Å². The molecule has 0 unspecified atom stereocenters. The summed E-state index contributed by atoms with van der Waals surface area (Å²) in [6.45, 7) is 0.00768. The van der Waals surface area contributed by atoms with Crippen LogP contribution in [0.2, 0.25) is 0 Å². The van der Waals surface area contributed by atoms with Crippen molar-refractivity contribution in [2.45, 2.75) is 6.61 Å². The van der Waals surface area contributed by atoms with Crippen LogP contribution in [0.5, 0.6) is 0 Å². The Morgan fingerprint density at radius 2 is 1.23 bits per heavy atom. The van der Waals surface area contributed by atoms with E-state index in [1.165, 1.54) is 0 Å². The van der Waals surface area contributed by atoms with Crippen LogP contribution >= 0.6 is 0 Å². The van der Waals surface area contributed by atoms with Gasteiger partial charge in [-0.15, -0.1) is 0 Å². The van der Waals surface area contributed by atoms with Gasteiger partial charge in [0.1, 0.15) is 0 Å². The quantitative estimate of drug-likeness (QED) is 0.192. The minimum atomic E-state index is 0.00768. The molecule has 0 amide bonds. The number of aromatic amines is 2. The molecule has 8 bridgehead atoms. The molecule has 6 heteroatoms. The van der Waals surface area contributed by atoms with E-state index in [-0.39, 0.29) is 6.61 Å². The number of anilines is 1. The van der Waals surface area contributed by atoms with Crippen LogP contribution in [-0.2, 0) is 6.61 Å². The molecule has 0 atom stereocenters. The minimum absolute atomic E-state index is 0.00768. The molecule has 7 rings (SSSR count). The molecule has 188 valence electrons. The highest BCUT2D eigenvalue weighted by atomic mass is 16.3. The molecule has 39 heavy (non-hydrogen) atoms. The number of hydrogen-bond donors (Lipinski definition) is 4. The fourth-order valence-corrected chi connectivity index (χ4v) is 5.16. The average Bonchev–Trinajstić information content (AvgIpc) is 3.76. The molecule has 2 aliphatic rings. The number of aliphatic hydroxyl groups excluding tert-OH is 1. The molecular weight excluding hydrogens is 482 g/mol. The maximum atomic E-state index is 9.52. The lowest BCUT2D eigenvalue weighted by atomic mass is 10.0. The lowest BCUT2D eigenvalue weighted by molar-refractivity contribution is 0.282. The van der Waals surface area contributed by atoms with Gasteiger partial charge in [-0.2, -0.15) is 0 Å². The van der Waals surface area contributed by atoms with Crippen LogP contribution in [0.3, 0.4) is 0 Å². The summed E-state index contributed by atoms with van der Waals surface area (Å²) in [6.07, 6.45) is 8.12. The first-order valence-corrected chi connectivity index (χ1v) is 12.8. The molecule has 0 aliphatic carbocycles. The highest BCUT2D eigenvalue weighted by Gasteiger charge is 2.14. The van der Waals surface area contributed by atoms with Crippen molar-refractivity contribution in [2.75, 3.05) is 5.73 Å². The number of aliphatic hydroxyl groups is 1.